The third kappa shape index (κ3) is 3.26. The fourth-order valence-corrected chi connectivity index (χ4v) is 3.86. The van der Waals surface area contributed by atoms with Gasteiger partial charge in [0.15, 0.2) is 5.58 Å². The number of fused-ring (bicyclic) bond motifs is 2. The second kappa shape index (κ2) is 7.55. The number of rotatable bonds is 6. The van der Waals surface area contributed by atoms with E-state index in [4.69, 9.17) is 4.42 Å². The summed E-state index contributed by atoms with van der Waals surface area (Å²) in [4.78, 5) is 17.4. The normalized spacial score (nSPS) is 11.4. The number of para-hydroxylation sites is 2. The number of aromatic nitrogens is 3. The maximum atomic E-state index is 13.0. The molecule has 0 aliphatic rings. The third-order valence-electron chi connectivity index (χ3n) is 5.51. The van der Waals surface area contributed by atoms with Crippen molar-refractivity contribution < 1.29 is 9.21 Å². The molecule has 2 aromatic carbocycles. The van der Waals surface area contributed by atoms with Crippen molar-refractivity contribution in [1.29, 1.82) is 0 Å². The first-order valence-electron chi connectivity index (χ1n) is 10.00. The van der Waals surface area contributed by atoms with E-state index in [9.17, 15) is 4.79 Å². The van der Waals surface area contributed by atoms with Crippen LogP contribution in [-0.2, 0) is 13.1 Å². The van der Waals surface area contributed by atoms with Crippen LogP contribution in [0, 0.1) is 6.92 Å². The summed E-state index contributed by atoms with van der Waals surface area (Å²) in [7, 11) is 0. The van der Waals surface area contributed by atoms with Gasteiger partial charge in [0.25, 0.3) is 5.91 Å². The van der Waals surface area contributed by atoms with Crippen molar-refractivity contribution in [1.82, 2.24) is 19.4 Å². The van der Waals surface area contributed by atoms with Crippen LogP contribution in [0.3, 0.4) is 0 Å². The molecular formula is C24H22N4O2. The van der Waals surface area contributed by atoms with Crippen molar-refractivity contribution in [3.63, 3.8) is 0 Å². The number of hydrogen-bond acceptors (Lipinski definition) is 3. The van der Waals surface area contributed by atoms with E-state index in [2.05, 4.69) is 29.4 Å². The molecule has 0 aliphatic carbocycles. The molecule has 150 valence electrons. The van der Waals surface area contributed by atoms with E-state index < -0.39 is 0 Å². The molecule has 3 aromatic heterocycles. The second-order valence-electron chi connectivity index (χ2n) is 7.39. The zero-order chi connectivity index (χ0) is 20.5. The topological polar surface area (TPSA) is 65.0 Å². The Morgan fingerprint density at radius 2 is 1.90 bits per heavy atom. The van der Waals surface area contributed by atoms with Crippen LogP contribution in [0.2, 0.25) is 0 Å². The highest BCUT2D eigenvalue weighted by molar-refractivity contribution is 5.97. The second-order valence-corrected chi connectivity index (χ2v) is 7.39. The third-order valence-corrected chi connectivity index (χ3v) is 5.51. The van der Waals surface area contributed by atoms with Crippen LogP contribution in [0.4, 0.5) is 0 Å². The maximum absolute atomic E-state index is 13.0. The number of nitrogens with zero attached hydrogens (tertiary/aromatic N) is 3. The van der Waals surface area contributed by atoms with E-state index >= 15 is 0 Å². The zero-order valence-electron chi connectivity index (χ0n) is 16.7. The number of aryl methyl sites for hydroxylation is 1. The first kappa shape index (κ1) is 18.2. The van der Waals surface area contributed by atoms with Crippen LogP contribution >= 0.6 is 0 Å². The summed E-state index contributed by atoms with van der Waals surface area (Å²) in [5.41, 5.74) is 6.63. The molecule has 0 saturated carbocycles. The van der Waals surface area contributed by atoms with Gasteiger partial charge in [-0.05, 0) is 30.2 Å². The highest BCUT2D eigenvalue weighted by Gasteiger charge is 2.18. The predicted molar refractivity (Wildman–Crippen MR) is 117 cm³/mol. The number of imidazole rings is 1. The molecule has 0 atom stereocenters. The number of amides is 1. The Labute approximate surface area is 173 Å². The summed E-state index contributed by atoms with van der Waals surface area (Å²) in [6.07, 6.45) is 3.47. The molecule has 0 radical (unpaired) electrons. The smallest absolute Gasteiger partial charge is 0.268 e. The average molecular weight is 398 g/mol. The van der Waals surface area contributed by atoms with E-state index in [0.29, 0.717) is 30.9 Å². The van der Waals surface area contributed by atoms with Gasteiger partial charge < -0.3 is 18.9 Å². The molecule has 0 aliphatic heterocycles. The van der Waals surface area contributed by atoms with E-state index in [1.54, 1.807) is 6.26 Å². The number of furan rings is 1. The highest BCUT2D eigenvalue weighted by Crippen LogP contribution is 2.23. The minimum absolute atomic E-state index is 0.112. The molecule has 1 amide bonds. The molecule has 30 heavy (non-hydrogen) atoms. The predicted octanol–water partition coefficient (Wildman–Crippen LogP) is 4.37. The monoisotopic (exact) mass is 398 g/mol. The van der Waals surface area contributed by atoms with Crippen molar-refractivity contribution in [2.75, 3.05) is 6.54 Å². The van der Waals surface area contributed by atoms with E-state index in [-0.39, 0.29) is 5.91 Å². The first-order chi connectivity index (χ1) is 14.7. The Balaban J connectivity index is 1.36. The lowest BCUT2D eigenvalue weighted by Crippen LogP contribution is -2.29. The van der Waals surface area contributed by atoms with Gasteiger partial charge in [0.2, 0.25) is 0 Å². The Morgan fingerprint density at radius 3 is 2.80 bits per heavy atom. The van der Waals surface area contributed by atoms with Crippen LogP contribution in [-0.4, -0.2) is 26.6 Å². The van der Waals surface area contributed by atoms with E-state index in [1.165, 1.54) is 11.1 Å². The Kier molecular flexibility index (Phi) is 4.59. The quantitative estimate of drug-likeness (QED) is 0.462. The molecule has 0 spiro atoms. The van der Waals surface area contributed by atoms with E-state index in [1.807, 2.05) is 64.0 Å². The van der Waals surface area contributed by atoms with Crippen LogP contribution < -0.4 is 5.32 Å². The molecule has 0 saturated heterocycles. The molecule has 1 N–H and O–H groups in total. The van der Waals surface area contributed by atoms with Gasteiger partial charge in [0.05, 0.1) is 29.1 Å². The van der Waals surface area contributed by atoms with E-state index in [0.717, 1.165) is 16.6 Å². The van der Waals surface area contributed by atoms with Crippen LogP contribution in [0.5, 0.6) is 0 Å². The number of nitrogens with one attached hydrogen (secondary N) is 1. The van der Waals surface area contributed by atoms with Crippen LogP contribution in [0.25, 0.3) is 22.1 Å². The summed E-state index contributed by atoms with van der Waals surface area (Å²) < 4.78 is 9.62. The fraction of sp³-hybridized carbons (Fsp3) is 0.167. The maximum Gasteiger partial charge on any atom is 0.268 e. The summed E-state index contributed by atoms with van der Waals surface area (Å²) in [6, 6.07) is 19.9. The van der Waals surface area contributed by atoms with Gasteiger partial charge in [-0.2, -0.15) is 0 Å². The number of hydrogen-bond donors (Lipinski definition) is 1. The Hall–Kier alpha value is -3.80. The molecule has 5 rings (SSSR count). The fourth-order valence-electron chi connectivity index (χ4n) is 3.86. The van der Waals surface area contributed by atoms with Gasteiger partial charge in [0.1, 0.15) is 5.69 Å². The molecule has 0 unspecified atom stereocenters. The van der Waals surface area contributed by atoms with Crippen molar-refractivity contribution >= 4 is 28.0 Å². The van der Waals surface area contributed by atoms with Crippen molar-refractivity contribution in [2.24, 2.45) is 0 Å². The van der Waals surface area contributed by atoms with Gasteiger partial charge in [0, 0.05) is 31.8 Å². The lowest BCUT2D eigenvalue weighted by Gasteiger charge is -2.12. The summed E-state index contributed by atoms with van der Waals surface area (Å²) >= 11 is 0. The van der Waals surface area contributed by atoms with Crippen LogP contribution in [0.15, 0.2) is 77.7 Å². The number of carbonyl (C=O) groups is 1. The Bertz CT molecular complexity index is 1340. The minimum Gasteiger partial charge on any atom is -0.463 e. The summed E-state index contributed by atoms with van der Waals surface area (Å²) in [5.74, 6) is -0.112. The van der Waals surface area contributed by atoms with Crippen molar-refractivity contribution in [2.45, 2.75) is 20.0 Å². The molecule has 3 heterocycles. The largest absolute Gasteiger partial charge is 0.463 e. The zero-order valence-corrected chi connectivity index (χ0v) is 16.7. The van der Waals surface area contributed by atoms with Gasteiger partial charge in [-0.15, -0.1) is 0 Å². The summed E-state index contributed by atoms with van der Waals surface area (Å²) in [5, 5.41) is 3.04. The molecule has 5 aromatic rings. The van der Waals surface area contributed by atoms with Crippen molar-refractivity contribution in [3.05, 3.63) is 90.1 Å². The summed E-state index contributed by atoms with van der Waals surface area (Å²) in [6.45, 7) is 3.86. The average Bonchev–Trinajstić information content (AvgIpc) is 3.46. The highest BCUT2D eigenvalue weighted by atomic mass is 16.3. The minimum atomic E-state index is -0.112. The number of carbonyl (C=O) groups excluding carboxylic acids is 1. The molecule has 6 nitrogen and oxygen atoms in total. The molecule has 6 heteroatoms. The number of benzene rings is 2. The van der Waals surface area contributed by atoms with Crippen LogP contribution in [0.1, 0.15) is 21.6 Å². The molecule has 0 bridgehead atoms. The standard InChI is InChI=1S/C24H22N4O2/c1-17-6-2-3-7-18(17)15-28-21-10-13-30-23(21)14-22(28)24(29)25-11-12-27-16-26-19-8-4-5-9-20(19)27/h2-10,13-14,16H,11-12,15H2,1H3,(H,25,29). The molecular weight excluding hydrogens is 376 g/mol. The van der Waals surface area contributed by atoms with Gasteiger partial charge >= 0.3 is 0 Å². The Morgan fingerprint density at radius 1 is 1.07 bits per heavy atom. The lowest BCUT2D eigenvalue weighted by molar-refractivity contribution is 0.0944. The SMILES string of the molecule is Cc1ccccc1Cn1c(C(=O)NCCn2cnc3ccccc32)cc2occc21. The lowest BCUT2D eigenvalue weighted by atomic mass is 10.1. The van der Waals surface area contributed by atoms with Crippen molar-refractivity contribution in [3.8, 4) is 0 Å². The van der Waals surface area contributed by atoms with Gasteiger partial charge in [-0.25, -0.2) is 4.98 Å². The molecule has 0 fully saturated rings. The van der Waals surface area contributed by atoms with Gasteiger partial charge in [-0.3, -0.25) is 4.79 Å². The van der Waals surface area contributed by atoms with Gasteiger partial charge in [-0.1, -0.05) is 36.4 Å². The first-order valence-corrected chi connectivity index (χ1v) is 10.00.